The number of carbonyl (C=O) groups excluding carboxylic acids is 1. The van der Waals surface area contributed by atoms with Crippen molar-refractivity contribution in [1.29, 1.82) is 0 Å². The molecule has 0 spiro atoms. The van der Waals surface area contributed by atoms with Gasteiger partial charge in [0.25, 0.3) is 0 Å². The van der Waals surface area contributed by atoms with E-state index in [1.807, 2.05) is 7.05 Å². The summed E-state index contributed by atoms with van der Waals surface area (Å²) in [6.45, 7) is 2.93. The van der Waals surface area contributed by atoms with E-state index in [1.165, 1.54) is 4.90 Å². The van der Waals surface area contributed by atoms with Gasteiger partial charge in [0.05, 0.1) is 0 Å². The molecule has 1 saturated heterocycles. The van der Waals surface area contributed by atoms with Crippen LogP contribution < -0.4 is 5.32 Å². The molecule has 2 amide bonds. The third-order valence-corrected chi connectivity index (χ3v) is 5.14. The molecule has 7 heteroatoms. The first-order valence-electron chi connectivity index (χ1n) is 7.48. The predicted octanol–water partition coefficient (Wildman–Crippen LogP) is 2.60. The highest BCUT2D eigenvalue weighted by Crippen LogP contribution is 2.45. The number of piperidine rings is 1. The van der Waals surface area contributed by atoms with Crippen LogP contribution in [0.15, 0.2) is 0 Å². The zero-order chi connectivity index (χ0) is 15.8. The van der Waals surface area contributed by atoms with Crippen LogP contribution >= 0.6 is 0 Å². The summed E-state index contributed by atoms with van der Waals surface area (Å²) in [5.74, 6) is 0. The van der Waals surface area contributed by atoms with Crippen LogP contribution in [0.25, 0.3) is 0 Å². The molecule has 21 heavy (non-hydrogen) atoms. The zero-order valence-corrected chi connectivity index (χ0v) is 12.8. The third kappa shape index (κ3) is 3.12. The molecule has 2 aliphatic rings. The van der Waals surface area contributed by atoms with Crippen molar-refractivity contribution >= 4 is 6.03 Å². The van der Waals surface area contributed by atoms with Crippen LogP contribution in [0.3, 0.4) is 0 Å². The highest BCUT2D eigenvalue weighted by Gasteiger charge is 2.59. The van der Waals surface area contributed by atoms with E-state index in [-0.39, 0.29) is 18.9 Å². The Kier molecular flexibility index (Phi) is 4.42. The Morgan fingerprint density at radius 1 is 1.38 bits per heavy atom. The molecular weight excluding hydrogens is 283 g/mol. The average molecular weight is 307 g/mol. The first-order valence-corrected chi connectivity index (χ1v) is 7.48. The Morgan fingerprint density at radius 3 is 2.43 bits per heavy atom. The maximum absolute atomic E-state index is 13.1. The van der Waals surface area contributed by atoms with Crippen LogP contribution in [-0.4, -0.2) is 60.3 Å². The number of urea groups is 1. The Bertz CT molecular complexity index is 395. The summed E-state index contributed by atoms with van der Waals surface area (Å²) in [4.78, 5) is 15.8. The van der Waals surface area contributed by atoms with Gasteiger partial charge in [0.2, 0.25) is 0 Å². The van der Waals surface area contributed by atoms with E-state index in [2.05, 4.69) is 17.1 Å². The number of nitrogens with one attached hydrogen (secondary N) is 1. The minimum absolute atomic E-state index is 0.00144. The molecule has 1 heterocycles. The maximum atomic E-state index is 13.1. The molecule has 122 valence electrons. The fraction of sp³-hybridized carbons (Fsp3) is 0.929. The number of nitrogens with zero attached hydrogens (tertiary/aromatic N) is 2. The number of hydrogen-bond acceptors (Lipinski definition) is 2. The number of halogens is 3. The highest BCUT2D eigenvalue weighted by molar-refractivity contribution is 5.75. The minimum atomic E-state index is -4.37. The molecule has 1 aliphatic carbocycles. The van der Waals surface area contributed by atoms with Gasteiger partial charge in [-0.15, -0.1) is 0 Å². The molecule has 1 aliphatic heterocycles. The van der Waals surface area contributed by atoms with Gasteiger partial charge in [-0.2, -0.15) is 13.2 Å². The van der Waals surface area contributed by atoms with Crippen LogP contribution in [-0.2, 0) is 0 Å². The summed E-state index contributed by atoms with van der Waals surface area (Å²) in [6, 6.07) is -0.269. The van der Waals surface area contributed by atoms with Crippen LogP contribution in [0.4, 0.5) is 18.0 Å². The quantitative estimate of drug-likeness (QED) is 0.851. The Hall–Kier alpha value is -0.980. The first kappa shape index (κ1) is 16.4. The van der Waals surface area contributed by atoms with Crippen molar-refractivity contribution in [2.24, 2.45) is 0 Å². The number of carbonyl (C=O) groups is 1. The Balaban J connectivity index is 1.97. The molecule has 0 bridgehead atoms. The van der Waals surface area contributed by atoms with Crippen LogP contribution in [0.1, 0.15) is 39.0 Å². The van der Waals surface area contributed by atoms with E-state index in [4.69, 9.17) is 0 Å². The molecule has 1 N–H and O–H groups in total. The maximum Gasteiger partial charge on any atom is 0.411 e. The fourth-order valence-electron chi connectivity index (χ4n) is 3.08. The van der Waals surface area contributed by atoms with Crippen molar-refractivity contribution < 1.29 is 18.0 Å². The van der Waals surface area contributed by atoms with Crippen molar-refractivity contribution in [1.82, 2.24) is 15.1 Å². The van der Waals surface area contributed by atoms with Crippen LogP contribution in [0.2, 0.25) is 0 Å². The third-order valence-electron chi connectivity index (χ3n) is 5.14. The second kappa shape index (κ2) is 5.66. The summed E-state index contributed by atoms with van der Waals surface area (Å²) in [6.07, 6.45) is -2.31. The molecule has 0 aromatic rings. The van der Waals surface area contributed by atoms with E-state index in [0.717, 1.165) is 19.4 Å². The molecule has 2 rings (SSSR count). The number of amides is 2. The molecule has 4 nitrogen and oxygen atoms in total. The normalized spacial score (nSPS) is 29.6. The van der Waals surface area contributed by atoms with Gasteiger partial charge in [0.15, 0.2) is 0 Å². The van der Waals surface area contributed by atoms with Crippen LogP contribution in [0.5, 0.6) is 0 Å². The molecule has 2 atom stereocenters. The number of hydrogen-bond donors (Lipinski definition) is 1. The van der Waals surface area contributed by atoms with E-state index < -0.39 is 17.7 Å². The lowest BCUT2D eigenvalue weighted by atomic mass is 9.76. The average Bonchev–Trinajstić information content (AvgIpc) is 2.34. The molecular formula is C14H24F3N3O. The second-order valence-corrected chi connectivity index (χ2v) is 6.48. The van der Waals surface area contributed by atoms with Gasteiger partial charge in [0.1, 0.15) is 5.54 Å². The van der Waals surface area contributed by atoms with E-state index in [0.29, 0.717) is 12.5 Å². The fourth-order valence-corrected chi connectivity index (χ4v) is 3.08. The summed E-state index contributed by atoms with van der Waals surface area (Å²) in [7, 11) is 3.62. The molecule has 2 fully saturated rings. The zero-order valence-electron chi connectivity index (χ0n) is 12.8. The molecule has 0 radical (unpaired) electrons. The van der Waals surface area contributed by atoms with Gasteiger partial charge >= 0.3 is 12.2 Å². The summed E-state index contributed by atoms with van der Waals surface area (Å²) in [5.41, 5.74) is -2.00. The first-order chi connectivity index (χ1) is 9.66. The van der Waals surface area contributed by atoms with Crippen LogP contribution in [0, 0.1) is 0 Å². The summed E-state index contributed by atoms with van der Waals surface area (Å²) in [5, 5.41) is 2.24. The van der Waals surface area contributed by atoms with Crippen molar-refractivity contribution in [3.05, 3.63) is 0 Å². The largest absolute Gasteiger partial charge is 0.411 e. The van der Waals surface area contributed by atoms with Gasteiger partial charge in [-0.05, 0) is 46.1 Å². The van der Waals surface area contributed by atoms with Gasteiger partial charge in [-0.1, -0.05) is 0 Å². The summed E-state index contributed by atoms with van der Waals surface area (Å²) >= 11 is 0. The molecule has 0 aromatic carbocycles. The Morgan fingerprint density at radius 2 is 2.00 bits per heavy atom. The smallest absolute Gasteiger partial charge is 0.325 e. The molecule has 0 aromatic heterocycles. The van der Waals surface area contributed by atoms with Gasteiger partial charge < -0.3 is 15.1 Å². The van der Waals surface area contributed by atoms with E-state index >= 15 is 0 Å². The van der Waals surface area contributed by atoms with Gasteiger partial charge in [-0.25, -0.2) is 4.79 Å². The number of alkyl halides is 3. The lowest BCUT2D eigenvalue weighted by Crippen LogP contribution is -2.65. The van der Waals surface area contributed by atoms with Crippen molar-refractivity contribution in [3.63, 3.8) is 0 Å². The lowest BCUT2D eigenvalue weighted by Gasteiger charge is -2.45. The van der Waals surface area contributed by atoms with Gasteiger partial charge in [-0.3, -0.25) is 0 Å². The Labute approximate surface area is 123 Å². The second-order valence-electron chi connectivity index (χ2n) is 6.48. The van der Waals surface area contributed by atoms with E-state index in [9.17, 15) is 18.0 Å². The SMILES string of the molecule is CC1CC(N(C)C(=O)NC2(C(F)(F)F)CCC2)CCN1C. The topological polar surface area (TPSA) is 35.6 Å². The molecule has 1 saturated carbocycles. The molecule has 2 unspecified atom stereocenters. The monoisotopic (exact) mass is 307 g/mol. The minimum Gasteiger partial charge on any atom is -0.325 e. The predicted molar refractivity (Wildman–Crippen MR) is 74.0 cm³/mol. The standard InChI is InChI=1S/C14H24F3N3O/c1-10-9-11(5-8-19(10)2)20(3)12(21)18-13(6-4-7-13)14(15,16)17/h10-11H,4-9H2,1-3H3,(H,18,21). The summed E-state index contributed by atoms with van der Waals surface area (Å²) < 4.78 is 39.3. The van der Waals surface area contributed by atoms with Crippen molar-refractivity contribution in [3.8, 4) is 0 Å². The number of rotatable bonds is 2. The highest BCUT2D eigenvalue weighted by atomic mass is 19.4. The van der Waals surface area contributed by atoms with Gasteiger partial charge in [0, 0.05) is 25.7 Å². The van der Waals surface area contributed by atoms with Crippen molar-refractivity contribution in [2.75, 3.05) is 20.6 Å². The van der Waals surface area contributed by atoms with Crippen molar-refractivity contribution in [2.45, 2.75) is 62.8 Å². The lowest BCUT2D eigenvalue weighted by molar-refractivity contribution is -0.215. The van der Waals surface area contributed by atoms with E-state index in [1.54, 1.807) is 7.05 Å². The number of likely N-dealkylation sites (tertiary alicyclic amines) is 1.